The lowest BCUT2D eigenvalue weighted by atomic mass is 10.1. The summed E-state index contributed by atoms with van der Waals surface area (Å²) in [7, 11) is 0. The Morgan fingerprint density at radius 2 is 2.04 bits per heavy atom. The molecule has 1 aromatic carbocycles. The van der Waals surface area contributed by atoms with Crippen LogP contribution in [0.3, 0.4) is 0 Å². The van der Waals surface area contributed by atoms with Gasteiger partial charge in [0.2, 0.25) is 5.88 Å². The zero-order valence-electron chi connectivity index (χ0n) is 14.0. The van der Waals surface area contributed by atoms with Crippen molar-refractivity contribution in [2.45, 2.75) is 24.5 Å². The average molecular weight is 368 g/mol. The van der Waals surface area contributed by atoms with Gasteiger partial charge in [0.1, 0.15) is 6.04 Å². The van der Waals surface area contributed by atoms with E-state index in [9.17, 15) is 9.59 Å². The van der Waals surface area contributed by atoms with Crippen LogP contribution in [0.4, 0.5) is 5.88 Å². The number of fused-ring (bicyclic) bond motifs is 1. The predicted molar refractivity (Wildman–Crippen MR) is 98.8 cm³/mol. The largest absolute Gasteiger partial charge is 0.338 e. The topological polar surface area (TPSA) is 90.0 Å². The van der Waals surface area contributed by atoms with Gasteiger partial charge in [-0.3, -0.25) is 14.9 Å². The molecule has 3 heterocycles. The molecule has 0 fully saturated rings. The number of rotatable bonds is 4. The van der Waals surface area contributed by atoms with Gasteiger partial charge in [-0.1, -0.05) is 35.5 Å². The van der Waals surface area contributed by atoms with Gasteiger partial charge in [-0.05, 0) is 13.0 Å². The fourth-order valence-electron chi connectivity index (χ4n) is 2.75. The fraction of sp³-hybridized carbons (Fsp3) is 0.222. The Labute approximate surface area is 153 Å². The normalized spacial score (nSPS) is 14.0. The molecule has 0 bridgehead atoms. The highest BCUT2D eigenvalue weighted by atomic mass is 32.2. The minimum Gasteiger partial charge on any atom is -0.338 e. The van der Waals surface area contributed by atoms with Crippen LogP contribution in [-0.4, -0.2) is 20.8 Å². The number of carbonyl (C=O) groups is 1. The monoisotopic (exact) mass is 368 g/mol. The van der Waals surface area contributed by atoms with Gasteiger partial charge in [0.15, 0.2) is 0 Å². The van der Waals surface area contributed by atoms with Crippen LogP contribution < -0.4 is 10.9 Å². The summed E-state index contributed by atoms with van der Waals surface area (Å²) in [6.07, 6.45) is 0. The Morgan fingerprint density at radius 3 is 2.85 bits per heavy atom. The molecule has 7 nitrogen and oxygen atoms in total. The highest BCUT2D eigenvalue weighted by Gasteiger charge is 2.25. The van der Waals surface area contributed by atoms with Crippen LogP contribution in [0.1, 0.15) is 24.2 Å². The van der Waals surface area contributed by atoms with Crippen LogP contribution in [0.2, 0.25) is 0 Å². The summed E-state index contributed by atoms with van der Waals surface area (Å²) < 4.78 is 6.40. The van der Waals surface area contributed by atoms with Crippen LogP contribution in [0.25, 0.3) is 11.3 Å². The quantitative estimate of drug-likeness (QED) is 0.762. The molecule has 2 aromatic heterocycles. The first-order chi connectivity index (χ1) is 12.6. The third-order valence-electron chi connectivity index (χ3n) is 4.23. The van der Waals surface area contributed by atoms with Crippen LogP contribution in [0.5, 0.6) is 0 Å². The summed E-state index contributed by atoms with van der Waals surface area (Å²) in [5.41, 5.74) is 2.93. The van der Waals surface area contributed by atoms with E-state index in [0.29, 0.717) is 11.6 Å². The fourth-order valence-corrected chi connectivity index (χ4v) is 3.77. The average Bonchev–Trinajstić information content (AvgIpc) is 3.27. The first kappa shape index (κ1) is 16.6. The molecule has 8 heteroatoms. The maximum absolute atomic E-state index is 12.6. The summed E-state index contributed by atoms with van der Waals surface area (Å²) in [5.74, 6) is 1.52. The third kappa shape index (κ3) is 3.03. The number of carbonyl (C=O) groups excluding carboxylic acids is 1. The molecule has 0 saturated carbocycles. The molecule has 0 spiro atoms. The molecule has 4 rings (SSSR count). The lowest BCUT2D eigenvalue weighted by Gasteiger charge is -2.14. The third-order valence-corrected chi connectivity index (χ3v) is 5.20. The lowest BCUT2D eigenvalue weighted by Crippen LogP contribution is -2.33. The van der Waals surface area contributed by atoms with E-state index in [4.69, 9.17) is 4.52 Å². The van der Waals surface area contributed by atoms with E-state index in [1.165, 1.54) is 10.7 Å². The molecule has 0 radical (unpaired) electrons. The molecule has 3 aromatic rings. The molecule has 1 aliphatic rings. The number of nitrogens with zero attached hydrogens (tertiary/aromatic N) is 3. The second kappa shape index (κ2) is 6.80. The van der Waals surface area contributed by atoms with Gasteiger partial charge < -0.3 is 4.52 Å². The Kier molecular flexibility index (Phi) is 4.34. The van der Waals surface area contributed by atoms with Crippen molar-refractivity contribution in [1.29, 1.82) is 0 Å². The van der Waals surface area contributed by atoms with Crippen molar-refractivity contribution in [3.63, 3.8) is 0 Å². The first-order valence-corrected chi connectivity index (χ1v) is 9.30. The van der Waals surface area contributed by atoms with Gasteiger partial charge in [-0.15, -0.1) is 0 Å². The molecule has 132 valence electrons. The second-order valence-electron chi connectivity index (χ2n) is 5.96. The molecule has 0 saturated heterocycles. The maximum atomic E-state index is 12.6. The Morgan fingerprint density at radius 1 is 1.23 bits per heavy atom. The molecular weight excluding hydrogens is 352 g/mol. The standard InChI is InChI=1S/C18H16N4O3S/c1-11(17(24)19-18-13-9-26-10-15(13)21-25-18)22-16(23)8-7-14(20-22)12-5-3-2-4-6-12/h2-8,11H,9-10H2,1H3,(H,19,24)/t11-/m1/s1. The molecule has 1 atom stereocenters. The summed E-state index contributed by atoms with van der Waals surface area (Å²) in [6.45, 7) is 1.63. The van der Waals surface area contributed by atoms with Crippen molar-refractivity contribution in [2.75, 3.05) is 5.32 Å². The number of thioether (sulfide) groups is 1. The second-order valence-corrected chi connectivity index (χ2v) is 6.95. The summed E-state index contributed by atoms with van der Waals surface area (Å²) >= 11 is 1.72. The number of benzene rings is 1. The summed E-state index contributed by atoms with van der Waals surface area (Å²) in [4.78, 5) is 24.8. The van der Waals surface area contributed by atoms with Crippen LogP contribution in [0.15, 0.2) is 51.8 Å². The number of anilines is 1. The minimum absolute atomic E-state index is 0.342. The molecular formula is C18H16N4O3S. The first-order valence-electron chi connectivity index (χ1n) is 8.15. The highest BCUT2D eigenvalue weighted by molar-refractivity contribution is 7.98. The number of aromatic nitrogens is 3. The number of hydrogen-bond donors (Lipinski definition) is 1. The van der Waals surface area contributed by atoms with E-state index in [0.717, 1.165) is 28.3 Å². The Balaban J connectivity index is 1.60. The van der Waals surface area contributed by atoms with E-state index in [2.05, 4.69) is 15.6 Å². The molecule has 0 aliphatic carbocycles. The van der Waals surface area contributed by atoms with Crippen LogP contribution in [-0.2, 0) is 16.3 Å². The van der Waals surface area contributed by atoms with Crippen molar-refractivity contribution in [2.24, 2.45) is 0 Å². The maximum Gasteiger partial charge on any atom is 0.267 e. The number of nitrogens with one attached hydrogen (secondary N) is 1. The van der Waals surface area contributed by atoms with Crippen molar-refractivity contribution >= 4 is 23.6 Å². The van der Waals surface area contributed by atoms with E-state index in [1.807, 2.05) is 30.3 Å². The Hall–Kier alpha value is -2.87. The molecule has 1 N–H and O–H groups in total. The van der Waals surface area contributed by atoms with Gasteiger partial charge in [0.25, 0.3) is 11.5 Å². The van der Waals surface area contributed by atoms with Crippen LogP contribution >= 0.6 is 11.8 Å². The number of hydrogen-bond acceptors (Lipinski definition) is 6. The van der Waals surface area contributed by atoms with E-state index >= 15 is 0 Å². The molecule has 1 amide bonds. The Bertz CT molecular complexity index is 1010. The zero-order valence-corrected chi connectivity index (χ0v) is 14.8. The van der Waals surface area contributed by atoms with Gasteiger partial charge in [0, 0.05) is 23.1 Å². The van der Waals surface area contributed by atoms with Gasteiger partial charge in [-0.25, -0.2) is 4.68 Å². The smallest absolute Gasteiger partial charge is 0.267 e. The van der Waals surface area contributed by atoms with Crippen molar-refractivity contribution in [3.8, 4) is 11.3 Å². The molecule has 26 heavy (non-hydrogen) atoms. The van der Waals surface area contributed by atoms with E-state index in [-0.39, 0.29) is 11.5 Å². The lowest BCUT2D eigenvalue weighted by molar-refractivity contribution is -0.119. The van der Waals surface area contributed by atoms with E-state index < -0.39 is 6.04 Å². The molecule has 0 unspecified atom stereocenters. The predicted octanol–water partition coefficient (Wildman–Crippen LogP) is 2.84. The zero-order chi connectivity index (χ0) is 18.1. The van der Waals surface area contributed by atoms with Gasteiger partial charge in [0.05, 0.1) is 17.0 Å². The highest BCUT2D eigenvalue weighted by Crippen LogP contribution is 2.34. The van der Waals surface area contributed by atoms with Crippen molar-refractivity contribution in [3.05, 3.63) is 64.1 Å². The SMILES string of the molecule is C[C@H](C(=O)Nc1onc2c1CSC2)n1nc(-c2ccccc2)ccc1=O. The van der Waals surface area contributed by atoms with Crippen LogP contribution in [0, 0.1) is 0 Å². The van der Waals surface area contributed by atoms with Crippen molar-refractivity contribution in [1.82, 2.24) is 14.9 Å². The molecule has 1 aliphatic heterocycles. The summed E-state index contributed by atoms with van der Waals surface area (Å²) in [6, 6.07) is 11.8. The minimum atomic E-state index is -0.791. The van der Waals surface area contributed by atoms with Gasteiger partial charge in [-0.2, -0.15) is 16.9 Å². The summed E-state index contributed by atoms with van der Waals surface area (Å²) in [5, 5.41) is 11.0. The van der Waals surface area contributed by atoms with Gasteiger partial charge >= 0.3 is 0 Å². The van der Waals surface area contributed by atoms with E-state index in [1.54, 1.807) is 24.8 Å². The number of amides is 1. The van der Waals surface area contributed by atoms with Crippen molar-refractivity contribution < 1.29 is 9.32 Å².